The third-order valence-corrected chi connectivity index (χ3v) is 3.25. The Morgan fingerprint density at radius 3 is 2.71 bits per heavy atom. The van der Waals surface area contributed by atoms with Crippen LogP contribution in [0, 0.1) is 6.92 Å². The maximum Gasteiger partial charge on any atom is 0.256 e. The predicted molar refractivity (Wildman–Crippen MR) is 77.9 cm³/mol. The normalized spacial score (nSPS) is 13.6. The zero-order valence-electron chi connectivity index (χ0n) is 12.0. The summed E-state index contributed by atoms with van der Waals surface area (Å²) in [5.74, 6) is 1.75. The van der Waals surface area contributed by atoms with Crippen molar-refractivity contribution in [2.75, 3.05) is 18.5 Å². The van der Waals surface area contributed by atoms with E-state index in [1.165, 1.54) is 0 Å². The largest absolute Gasteiger partial charge is 0.490 e. The van der Waals surface area contributed by atoms with Crippen molar-refractivity contribution in [3.05, 3.63) is 35.5 Å². The molecule has 0 spiro atoms. The van der Waals surface area contributed by atoms with Gasteiger partial charge in [-0.1, -0.05) is 0 Å². The Kier molecular flexibility index (Phi) is 3.51. The first kappa shape index (κ1) is 13.5. The Morgan fingerprint density at radius 2 is 2.00 bits per heavy atom. The molecule has 2 heterocycles. The van der Waals surface area contributed by atoms with E-state index in [1.807, 2.05) is 13.0 Å². The van der Waals surface area contributed by atoms with Crippen LogP contribution in [-0.2, 0) is 7.05 Å². The molecule has 0 fully saturated rings. The summed E-state index contributed by atoms with van der Waals surface area (Å²) in [6.45, 7) is 3.11. The summed E-state index contributed by atoms with van der Waals surface area (Å²) in [6, 6.07) is 7.02. The van der Waals surface area contributed by atoms with Crippen LogP contribution in [-0.4, -0.2) is 28.9 Å². The minimum atomic E-state index is -0.200. The van der Waals surface area contributed by atoms with Crippen LogP contribution in [0.25, 0.3) is 0 Å². The van der Waals surface area contributed by atoms with E-state index in [2.05, 4.69) is 10.4 Å². The van der Waals surface area contributed by atoms with Crippen LogP contribution in [0.3, 0.4) is 0 Å². The van der Waals surface area contributed by atoms with E-state index >= 15 is 0 Å². The van der Waals surface area contributed by atoms with Crippen molar-refractivity contribution < 1.29 is 14.3 Å². The fourth-order valence-corrected chi connectivity index (χ4v) is 2.22. The minimum absolute atomic E-state index is 0.200. The molecule has 0 saturated carbocycles. The highest BCUT2D eigenvalue weighted by Crippen LogP contribution is 2.30. The number of aromatic nitrogens is 2. The van der Waals surface area contributed by atoms with Crippen LogP contribution < -0.4 is 14.8 Å². The van der Waals surface area contributed by atoms with Crippen molar-refractivity contribution in [1.82, 2.24) is 9.78 Å². The van der Waals surface area contributed by atoms with Gasteiger partial charge in [-0.15, -0.1) is 0 Å². The maximum absolute atomic E-state index is 12.3. The highest BCUT2D eigenvalue weighted by Gasteiger charge is 2.15. The molecule has 1 N–H and O–H groups in total. The van der Waals surface area contributed by atoms with Gasteiger partial charge in [0.05, 0.1) is 18.9 Å². The Hall–Kier alpha value is -2.50. The van der Waals surface area contributed by atoms with E-state index in [1.54, 1.807) is 29.9 Å². The summed E-state index contributed by atoms with van der Waals surface area (Å²) in [4.78, 5) is 12.3. The number of benzene rings is 1. The lowest BCUT2D eigenvalue weighted by molar-refractivity contribution is 0.102. The number of amides is 1. The van der Waals surface area contributed by atoms with Gasteiger partial charge in [-0.2, -0.15) is 5.10 Å². The number of fused-ring (bicyclic) bond motifs is 1. The van der Waals surface area contributed by atoms with Crippen molar-refractivity contribution in [2.24, 2.45) is 7.05 Å². The van der Waals surface area contributed by atoms with E-state index in [4.69, 9.17) is 9.47 Å². The van der Waals surface area contributed by atoms with Crippen LogP contribution in [0.4, 0.5) is 5.82 Å². The first-order chi connectivity index (χ1) is 10.1. The molecule has 3 rings (SSSR count). The van der Waals surface area contributed by atoms with E-state index in [-0.39, 0.29) is 5.91 Å². The average molecular weight is 287 g/mol. The quantitative estimate of drug-likeness (QED) is 0.919. The summed E-state index contributed by atoms with van der Waals surface area (Å²) in [6.07, 6.45) is 0.838. The average Bonchev–Trinajstić information content (AvgIpc) is 2.67. The predicted octanol–water partition coefficient (Wildman–Crippen LogP) is 2.14. The summed E-state index contributed by atoms with van der Waals surface area (Å²) in [5.41, 5.74) is 1.38. The molecule has 2 aromatic rings. The molecule has 21 heavy (non-hydrogen) atoms. The molecule has 1 amide bonds. The molecule has 1 aliphatic rings. The Labute approximate surface area is 122 Å². The van der Waals surface area contributed by atoms with Crippen LogP contribution >= 0.6 is 0 Å². The van der Waals surface area contributed by atoms with E-state index in [0.717, 1.165) is 12.1 Å². The van der Waals surface area contributed by atoms with Crippen LogP contribution in [0.15, 0.2) is 24.3 Å². The first-order valence-electron chi connectivity index (χ1n) is 6.85. The van der Waals surface area contributed by atoms with Gasteiger partial charge >= 0.3 is 0 Å². The standard InChI is InChI=1S/C15H17N3O3/c1-10-8-14(18(2)17-10)16-15(19)11-4-5-12-13(9-11)21-7-3-6-20-12/h4-5,8-9H,3,6-7H2,1-2H3,(H,16,19). The molecule has 1 aromatic carbocycles. The fraction of sp³-hybridized carbons (Fsp3) is 0.333. The number of hydrogen-bond acceptors (Lipinski definition) is 4. The summed E-state index contributed by atoms with van der Waals surface area (Å²) in [5, 5.41) is 7.03. The lowest BCUT2D eigenvalue weighted by Gasteiger charge is -2.09. The molecule has 6 heteroatoms. The lowest BCUT2D eigenvalue weighted by Crippen LogP contribution is -2.14. The Bertz CT molecular complexity index is 679. The molecule has 0 radical (unpaired) electrons. The molecule has 0 bridgehead atoms. The Morgan fingerprint density at radius 1 is 1.24 bits per heavy atom. The van der Waals surface area contributed by atoms with Gasteiger partial charge in [0.2, 0.25) is 0 Å². The van der Waals surface area contributed by atoms with Crippen molar-refractivity contribution in [3.63, 3.8) is 0 Å². The second-order valence-electron chi connectivity index (χ2n) is 4.96. The van der Waals surface area contributed by atoms with Gasteiger partial charge in [-0.25, -0.2) is 0 Å². The van der Waals surface area contributed by atoms with E-state index < -0.39 is 0 Å². The van der Waals surface area contributed by atoms with Gasteiger partial charge in [0.25, 0.3) is 5.91 Å². The molecule has 110 valence electrons. The van der Waals surface area contributed by atoms with Gasteiger partial charge in [0, 0.05) is 25.1 Å². The number of carbonyl (C=O) groups excluding carboxylic acids is 1. The molecule has 0 unspecified atom stereocenters. The molecule has 0 aliphatic carbocycles. The molecular formula is C15H17N3O3. The van der Waals surface area contributed by atoms with Crippen molar-refractivity contribution in [2.45, 2.75) is 13.3 Å². The number of carbonyl (C=O) groups is 1. The highest BCUT2D eigenvalue weighted by molar-refractivity contribution is 6.04. The number of nitrogens with one attached hydrogen (secondary N) is 1. The maximum atomic E-state index is 12.3. The number of hydrogen-bond donors (Lipinski definition) is 1. The third kappa shape index (κ3) is 2.84. The second kappa shape index (κ2) is 5.47. The van der Waals surface area contributed by atoms with Crippen molar-refractivity contribution >= 4 is 11.7 Å². The molecular weight excluding hydrogens is 270 g/mol. The van der Waals surface area contributed by atoms with E-state index in [9.17, 15) is 4.79 Å². The topological polar surface area (TPSA) is 65.4 Å². The smallest absolute Gasteiger partial charge is 0.256 e. The highest BCUT2D eigenvalue weighted by atomic mass is 16.5. The number of ether oxygens (including phenoxy) is 2. The zero-order valence-corrected chi connectivity index (χ0v) is 12.0. The van der Waals surface area contributed by atoms with Gasteiger partial charge in [-0.3, -0.25) is 9.48 Å². The third-order valence-electron chi connectivity index (χ3n) is 3.25. The summed E-state index contributed by atoms with van der Waals surface area (Å²) < 4.78 is 12.8. The molecule has 6 nitrogen and oxygen atoms in total. The second-order valence-corrected chi connectivity index (χ2v) is 4.96. The fourth-order valence-electron chi connectivity index (χ4n) is 2.22. The van der Waals surface area contributed by atoms with Crippen molar-refractivity contribution in [1.29, 1.82) is 0 Å². The molecule has 0 saturated heterocycles. The Balaban J connectivity index is 1.81. The van der Waals surface area contributed by atoms with Crippen LogP contribution in [0.2, 0.25) is 0 Å². The number of rotatable bonds is 2. The first-order valence-corrected chi connectivity index (χ1v) is 6.85. The summed E-state index contributed by atoms with van der Waals surface area (Å²) in [7, 11) is 1.79. The summed E-state index contributed by atoms with van der Waals surface area (Å²) >= 11 is 0. The minimum Gasteiger partial charge on any atom is -0.490 e. The van der Waals surface area contributed by atoms with Crippen LogP contribution in [0.1, 0.15) is 22.5 Å². The van der Waals surface area contributed by atoms with Crippen molar-refractivity contribution in [3.8, 4) is 11.5 Å². The number of aryl methyl sites for hydroxylation is 2. The molecule has 0 atom stereocenters. The zero-order chi connectivity index (χ0) is 14.8. The van der Waals surface area contributed by atoms with E-state index in [0.29, 0.717) is 36.1 Å². The SMILES string of the molecule is Cc1cc(NC(=O)c2ccc3c(c2)OCCCO3)n(C)n1. The van der Waals surface area contributed by atoms with Gasteiger partial charge < -0.3 is 14.8 Å². The lowest BCUT2D eigenvalue weighted by atomic mass is 10.2. The molecule has 1 aliphatic heterocycles. The molecule has 1 aromatic heterocycles. The van der Waals surface area contributed by atoms with Gasteiger partial charge in [-0.05, 0) is 25.1 Å². The number of nitrogens with zero attached hydrogens (tertiary/aromatic N) is 2. The van der Waals surface area contributed by atoms with Crippen LogP contribution in [0.5, 0.6) is 11.5 Å². The van der Waals surface area contributed by atoms with Gasteiger partial charge in [0.1, 0.15) is 5.82 Å². The number of anilines is 1. The monoisotopic (exact) mass is 287 g/mol. The van der Waals surface area contributed by atoms with Gasteiger partial charge in [0.15, 0.2) is 11.5 Å².